The van der Waals surface area contributed by atoms with E-state index >= 15 is 0 Å². The van der Waals surface area contributed by atoms with Gasteiger partial charge in [-0.15, -0.1) is 0 Å². The van der Waals surface area contributed by atoms with Gasteiger partial charge in [0.15, 0.2) is 5.75 Å². The third-order valence-electron chi connectivity index (χ3n) is 15.5. The van der Waals surface area contributed by atoms with E-state index in [-0.39, 0.29) is 82.2 Å². The fourth-order valence-electron chi connectivity index (χ4n) is 10.9. The minimum Gasteiger partial charge on any atom is -0.507 e. The minimum atomic E-state index is -4.63. The van der Waals surface area contributed by atoms with Gasteiger partial charge < -0.3 is 54.7 Å². The van der Waals surface area contributed by atoms with Gasteiger partial charge in [0.25, 0.3) is 11.7 Å². The van der Waals surface area contributed by atoms with E-state index in [1.807, 2.05) is 0 Å². The number of aromatic nitrogens is 1. The summed E-state index contributed by atoms with van der Waals surface area (Å²) in [5.74, 6) is -7.10. The van der Waals surface area contributed by atoms with E-state index < -0.39 is 101 Å². The number of aliphatic hydroxyl groups is 2. The number of fused-ring (bicyclic) bond motifs is 13. The van der Waals surface area contributed by atoms with Crippen LogP contribution in [0.25, 0.3) is 10.8 Å². The van der Waals surface area contributed by atoms with Crippen molar-refractivity contribution in [3.63, 3.8) is 0 Å². The number of benzene rings is 2. The largest absolute Gasteiger partial charge is 0.507 e. The number of aromatic hydroxyl groups is 2. The number of phenolic OH excluding ortho intramolecular Hbond substituents is 2. The molecule has 1 aromatic heterocycles. The van der Waals surface area contributed by atoms with E-state index in [1.54, 1.807) is 43.9 Å². The third-order valence-corrected chi connectivity index (χ3v) is 15.5. The number of piperidine rings is 1. The minimum absolute atomic E-state index is 0.0162. The second-order valence-electron chi connectivity index (χ2n) is 21.9. The Bertz CT molecular complexity index is 3030. The molecule has 0 radical (unpaired) electrons. The van der Waals surface area contributed by atoms with Crippen molar-refractivity contribution >= 4 is 45.8 Å². The van der Waals surface area contributed by atoms with E-state index in [4.69, 9.17) is 19.2 Å². The van der Waals surface area contributed by atoms with E-state index in [0.717, 1.165) is 12.6 Å². The third kappa shape index (κ3) is 11.8. The molecule has 2 amide bonds. The maximum absolute atomic E-state index is 14.8. The van der Waals surface area contributed by atoms with Crippen molar-refractivity contribution in [1.82, 2.24) is 14.8 Å². The fourth-order valence-corrected chi connectivity index (χ4v) is 10.9. The Hall–Kier alpha value is -6.58. The summed E-state index contributed by atoms with van der Waals surface area (Å²) in [6.07, 6.45) is 0.412. The maximum Gasteiger partial charge on any atom is 0.433 e. The van der Waals surface area contributed by atoms with Crippen molar-refractivity contribution in [2.24, 2.45) is 33.7 Å². The summed E-state index contributed by atoms with van der Waals surface area (Å²) in [6.45, 7) is 17.0. The first-order valence-corrected chi connectivity index (χ1v) is 26.4. The number of amides is 2. The molecule has 77 heavy (non-hydrogen) atoms. The van der Waals surface area contributed by atoms with Gasteiger partial charge in [-0.25, -0.2) is 9.98 Å². The summed E-state index contributed by atoms with van der Waals surface area (Å²) >= 11 is 0. The van der Waals surface area contributed by atoms with Gasteiger partial charge in [0.05, 0.1) is 35.1 Å². The first-order valence-electron chi connectivity index (χ1n) is 26.4. The van der Waals surface area contributed by atoms with Crippen LogP contribution in [0, 0.1) is 30.6 Å². The summed E-state index contributed by atoms with van der Waals surface area (Å²) in [6, 6.07) is 3.64. The number of halogens is 3. The highest BCUT2D eigenvalue weighted by Crippen LogP contribution is 2.51. The van der Waals surface area contributed by atoms with Crippen molar-refractivity contribution < 1.29 is 67.0 Å². The molecular weight excluding hydrogens is 1000 g/mol. The van der Waals surface area contributed by atoms with E-state index in [2.05, 4.69) is 34.0 Å². The molecule has 0 aliphatic carbocycles. The fraction of sp³-hybridized carbons (Fsp3) is 0.554. The number of ether oxygens (including phenoxy) is 3. The van der Waals surface area contributed by atoms with Crippen LogP contribution in [0.3, 0.4) is 0 Å². The number of anilines is 2. The quantitative estimate of drug-likeness (QED) is 0.102. The van der Waals surface area contributed by atoms with E-state index in [1.165, 1.54) is 50.1 Å². The predicted molar refractivity (Wildman–Crippen MR) is 279 cm³/mol. The van der Waals surface area contributed by atoms with Gasteiger partial charge in [0, 0.05) is 100 Å². The molecule has 416 valence electrons. The van der Waals surface area contributed by atoms with Crippen LogP contribution in [0.2, 0.25) is 0 Å². The Morgan fingerprint density at radius 2 is 1.69 bits per heavy atom. The highest BCUT2D eigenvalue weighted by molar-refractivity contribution is 6.21. The zero-order valence-corrected chi connectivity index (χ0v) is 44.8. The van der Waals surface area contributed by atoms with Gasteiger partial charge in [0.2, 0.25) is 5.91 Å². The van der Waals surface area contributed by atoms with E-state index in [9.17, 15) is 52.8 Å². The van der Waals surface area contributed by atoms with Crippen LogP contribution in [-0.4, -0.2) is 134 Å². The molecule has 7 atom stereocenters. The lowest BCUT2D eigenvalue weighted by Crippen LogP contribution is -2.47. The van der Waals surface area contributed by atoms with Crippen LogP contribution in [0.15, 0.2) is 64.3 Å². The molecule has 2 fully saturated rings. The maximum atomic E-state index is 14.8. The van der Waals surface area contributed by atoms with Crippen molar-refractivity contribution in [3.8, 4) is 17.2 Å². The van der Waals surface area contributed by atoms with Gasteiger partial charge in [-0.3, -0.25) is 24.2 Å². The SMILES string of the molecule is C/C1=C/C=C/C(C)[C@H](O)CC(O)[C@@H](C)[C@H](OC(=O)CC(=O)N2CCCN(c3cccc(C(F)(F)F)n3)CC2)[C@H](C)C/C=C/O[C@@]2(C)Oc3c(C)c(O)c4c(O)c(c5c(c4c3C2=O)NC2(CCN(CC(C)C)CC2)N=5)=NC1=O. The molecule has 2 unspecified atom stereocenters. The number of rotatable bonds is 6. The molecule has 0 saturated carbocycles. The Morgan fingerprint density at radius 1 is 0.961 bits per heavy atom. The number of aliphatic hydroxyl groups excluding tert-OH is 2. The summed E-state index contributed by atoms with van der Waals surface area (Å²) < 4.78 is 58.7. The van der Waals surface area contributed by atoms with Crippen molar-refractivity contribution in [1.29, 1.82) is 0 Å². The highest BCUT2D eigenvalue weighted by Gasteiger charge is 2.51. The molecule has 18 nitrogen and oxygen atoms in total. The lowest BCUT2D eigenvalue weighted by molar-refractivity contribution is -0.161. The number of likely N-dealkylation sites (tertiary alicyclic amines) is 1. The Kier molecular flexibility index (Phi) is 16.5. The van der Waals surface area contributed by atoms with Gasteiger partial charge >= 0.3 is 17.9 Å². The number of pyridine rings is 1. The molecule has 5 N–H and O–H groups in total. The highest BCUT2D eigenvalue weighted by atomic mass is 19.4. The average molecular weight is 1070 g/mol. The van der Waals surface area contributed by atoms with Crippen molar-refractivity contribution in [2.75, 3.05) is 56.0 Å². The van der Waals surface area contributed by atoms with Crippen LogP contribution in [0.5, 0.6) is 17.2 Å². The first-order chi connectivity index (χ1) is 36.3. The number of hydrogen-bond acceptors (Lipinski definition) is 16. The summed E-state index contributed by atoms with van der Waals surface area (Å²) in [4.78, 5) is 75.0. The summed E-state index contributed by atoms with van der Waals surface area (Å²) in [7, 11) is 0. The van der Waals surface area contributed by atoms with Crippen LogP contribution in [-0.2, 0) is 30.0 Å². The Morgan fingerprint density at radius 3 is 2.39 bits per heavy atom. The van der Waals surface area contributed by atoms with Gasteiger partial charge in [-0.1, -0.05) is 58.9 Å². The number of carbonyl (C=O) groups excluding carboxylic acids is 4. The first kappa shape index (κ1) is 56.6. The molecule has 9 rings (SSSR count). The Labute approximate surface area is 445 Å². The normalized spacial score (nSPS) is 27.9. The van der Waals surface area contributed by atoms with Gasteiger partial charge in [-0.05, 0) is 56.7 Å². The zero-order chi connectivity index (χ0) is 55.9. The molecule has 6 aliphatic rings. The molecular formula is C56H70F3N7O11. The number of hydrogen-bond donors (Lipinski definition) is 5. The number of nitrogens with zero attached hydrogens (tertiary/aromatic N) is 6. The predicted octanol–water partition coefficient (Wildman–Crippen LogP) is 6.40. The average Bonchev–Trinajstić information content (AvgIpc) is 3.95. The van der Waals surface area contributed by atoms with Crippen molar-refractivity contribution in [2.45, 2.75) is 130 Å². The molecule has 2 aromatic carbocycles. The lowest BCUT2D eigenvalue weighted by Gasteiger charge is -2.38. The summed E-state index contributed by atoms with van der Waals surface area (Å²) in [5, 5.41) is 50.6. The standard InChI is InChI=1S/C56H70F3N7O11/c1-30(2)29-64-22-18-55(19-23-64)62-45-42-43-48(71)35(7)51-44(42)52(73)54(8,77-51)75-26-11-15-32(4)50(34(6)37(68)27-36(67)31(3)13-9-14-33(5)53(74)61-47(49(43)72)46(45)63-55)76-41(70)28-40(69)66-21-12-20-65(24-25-66)39-17-10-16-38(60-39)56(57,58)59/h9-11,13-14,16-17,26,30-32,34,36-37,50,62,67-68,71-72H,12,15,18-25,27-29H2,1-8H3/b13-9+,26-11+,33-14-,61-47?/t31?,32-,34-,36-,37?,50-,54+/m1/s1. The number of alkyl halides is 3. The number of carbonyl (C=O) groups is 4. The molecule has 7 heterocycles. The molecule has 1 spiro atoms. The second-order valence-corrected chi connectivity index (χ2v) is 21.9. The number of ketones is 1. The second kappa shape index (κ2) is 22.4. The molecule has 5 bridgehead atoms. The molecule has 2 saturated heterocycles. The Balaban J connectivity index is 1.08. The molecule has 3 aromatic rings. The number of Topliss-reactive ketones (excluding diaryl/α,β-unsaturated/α-hetero) is 1. The van der Waals surface area contributed by atoms with Gasteiger partial charge in [0.1, 0.15) is 51.9 Å². The molecule has 6 aliphatic heterocycles. The van der Waals surface area contributed by atoms with Crippen LogP contribution >= 0.6 is 0 Å². The molecule has 21 heteroatoms. The number of nitrogens with one attached hydrogen (secondary N) is 1. The van der Waals surface area contributed by atoms with Crippen LogP contribution in [0.4, 0.5) is 24.7 Å². The van der Waals surface area contributed by atoms with E-state index in [0.29, 0.717) is 50.5 Å². The summed E-state index contributed by atoms with van der Waals surface area (Å²) in [5.41, 5.74) is -1.34. The van der Waals surface area contributed by atoms with Crippen LogP contribution in [0.1, 0.15) is 109 Å². The monoisotopic (exact) mass is 1070 g/mol. The topological polar surface area (TPSA) is 236 Å². The van der Waals surface area contributed by atoms with Crippen LogP contribution < -0.4 is 25.7 Å². The van der Waals surface area contributed by atoms with Crippen molar-refractivity contribution in [3.05, 3.63) is 81.9 Å². The zero-order valence-electron chi connectivity index (χ0n) is 44.8. The number of allylic oxidation sites excluding steroid dienone is 3. The lowest BCUT2D eigenvalue weighted by atomic mass is 9.84. The smallest absolute Gasteiger partial charge is 0.433 e. The number of phenols is 2. The van der Waals surface area contributed by atoms with Gasteiger partial charge in [-0.2, -0.15) is 13.2 Å². The number of esters is 1.